The smallest absolute Gasteiger partial charge is 0.101 e. The molecule has 0 aliphatic heterocycles. The minimum Gasteiger partial charge on any atom is -0.392 e. The van der Waals surface area contributed by atoms with Crippen LogP contribution in [0.2, 0.25) is 0 Å². The molecule has 3 nitrogen and oxygen atoms in total. The summed E-state index contributed by atoms with van der Waals surface area (Å²) in [6.45, 7) is 4.99. The Kier molecular flexibility index (Phi) is 4.78. The number of aliphatic hydroxyl groups is 1. The molecule has 1 heterocycles. The second-order valence-corrected chi connectivity index (χ2v) is 5.95. The van der Waals surface area contributed by atoms with Crippen LogP contribution in [-0.4, -0.2) is 11.1 Å². The minimum absolute atomic E-state index is 0.0401. The van der Waals surface area contributed by atoms with E-state index in [9.17, 15) is 10.4 Å². The van der Waals surface area contributed by atoms with Gasteiger partial charge in [-0.15, -0.1) is 11.3 Å². The van der Waals surface area contributed by atoms with Crippen molar-refractivity contribution in [1.82, 2.24) is 0 Å². The highest BCUT2D eigenvalue weighted by atomic mass is 32.1. The zero-order valence-electron chi connectivity index (χ0n) is 11.7. The molecule has 20 heavy (non-hydrogen) atoms. The highest BCUT2D eigenvalue weighted by Gasteiger charge is 2.16. The number of benzene rings is 1. The minimum atomic E-state index is -0.0401. The van der Waals surface area contributed by atoms with Gasteiger partial charge in [0.1, 0.15) is 6.07 Å². The van der Waals surface area contributed by atoms with E-state index in [0.717, 1.165) is 17.8 Å². The third-order valence-corrected chi connectivity index (χ3v) is 4.06. The van der Waals surface area contributed by atoms with Gasteiger partial charge >= 0.3 is 0 Å². The summed E-state index contributed by atoms with van der Waals surface area (Å²) in [5.74, 6) is 0. The third kappa shape index (κ3) is 3.19. The van der Waals surface area contributed by atoms with Crippen molar-refractivity contribution in [3.63, 3.8) is 0 Å². The molecule has 0 aliphatic rings. The van der Waals surface area contributed by atoms with Crippen molar-refractivity contribution in [2.24, 2.45) is 0 Å². The Bertz CT molecular complexity index is 599. The maximum absolute atomic E-state index is 9.34. The fourth-order valence-corrected chi connectivity index (χ4v) is 2.84. The van der Waals surface area contributed by atoms with Gasteiger partial charge in [-0.05, 0) is 43.0 Å². The highest BCUT2D eigenvalue weighted by molar-refractivity contribution is 7.09. The summed E-state index contributed by atoms with van der Waals surface area (Å²) >= 11 is 1.72. The fourth-order valence-electron chi connectivity index (χ4n) is 2.14. The first kappa shape index (κ1) is 14.6. The maximum atomic E-state index is 9.34. The molecule has 0 saturated carbocycles. The predicted octanol–water partition coefficient (Wildman–Crippen LogP) is 3.53. The summed E-state index contributed by atoms with van der Waals surface area (Å²) in [5.41, 5.74) is 2.31. The monoisotopic (exact) mass is 286 g/mol. The summed E-state index contributed by atoms with van der Waals surface area (Å²) in [6.07, 6.45) is 0. The zero-order valence-corrected chi connectivity index (χ0v) is 12.5. The van der Waals surface area contributed by atoms with Crippen molar-refractivity contribution in [3.8, 4) is 6.07 Å². The first-order valence-corrected chi connectivity index (χ1v) is 7.46. The molecule has 0 fully saturated rings. The van der Waals surface area contributed by atoms with Crippen molar-refractivity contribution >= 4 is 17.0 Å². The third-order valence-electron chi connectivity index (χ3n) is 3.20. The number of nitrogens with zero attached hydrogens (tertiary/aromatic N) is 2. The van der Waals surface area contributed by atoms with Gasteiger partial charge in [-0.1, -0.05) is 12.1 Å². The lowest BCUT2D eigenvalue weighted by molar-refractivity contribution is 0.282. The average molecular weight is 286 g/mol. The van der Waals surface area contributed by atoms with Crippen LogP contribution in [0.25, 0.3) is 0 Å². The van der Waals surface area contributed by atoms with Crippen LogP contribution in [0.5, 0.6) is 0 Å². The van der Waals surface area contributed by atoms with E-state index in [4.69, 9.17) is 0 Å². The lowest BCUT2D eigenvalue weighted by Gasteiger charge is -2.29. The molecule has 1 aromatic heterocycles. The normalized spacial score (nSPS) is 10.6. The van der Waals surface area contributed by atoms with Gasteiger partial charge in [-0.25, -0.2) is 0 Å². The van der Waals surface area contributed by atoms with Gasteiger partial charge < -0.3 is 10.0 Å². The van der Waals surface area contributed by atoms with Gasteiger partial charge in [0.15, 0.2) is 0 Å². The number of thiophene rings is 1. The molecule has 1 N–H and O–H groups in total. The van der Waals surface area contributed by atoms with Crippen LogP contribution < -0.4 is 4.90 Å². The molecule has 0 radical (unpaired) electrons. The molecule has 0 amide bonds. The summed E-state index contributed by atoms with van der Waals surface area (Å²) in [4.78, 5) is 3.49. The molecule has 0 saturated heterocycles. The molecule has 0 aliphatic carbocycles. The van der Waals surface area contributed by atoms with E-state index in [1.54, 1.807) is 17.4 Å². The number of anilines is 1. The molecule has 0 unspecified atom stereocenters. The second kappa shape index (κ2) is 6.56. The van der Waals surface area contributed by atoms with Crippen molar-refractivity contribution in [2.45, 2.75) is 33.0 Å². The fraction of sp³-hybridized carbons (Fsp3) is 0.312. The Morgan fingerprint density at radius 2 is 2.15 bits per heavy atom. The Morgan fingerprint density at radius 1 is 1.35 bits per heavy atom. The Hall–Kier alpha value is -1.83. The number of hydrogen-bond acceptors (Lipinski definition) is 4. The van der Waals surface area contributed by atoms with E-state index in [0.29, 0.717) is 11.6 Å². The van der Waals surface area contributed by atoms with Crippen LogP contribution in [0.1, 0.15) is 29.9 Å². The molecule has 0 atom stereocenters. The number of aliphatic hydroxyl groups excluding tert-OH is 1. The van der Waals surface area contributed by atoms with E-state index in [1.165, 1.54) is 4.88 Å². The number of nitriles is 1. The van der Waals surface area contributed by atoms with Gasteiger partial charge in [0.2, 0.25) is 0 Å². The van der Waals surface area contributed by atoms with Crippen LogP contribution >= 0.6 is 11.3 Å². The molecule has 0 bridgehead atoms. The van der Waals surface area contributed by atoms with Gasteiger partial charge in [-0.3, -0.25) is 0 Å². The van der Waals surface area contributed by atoms with Crippen molar-refractivity contribution < 1.29 is 5.11 Å². The van der Waals surface area contributed by atoms with E-state index < -0.39 is 0 Å². The van der Waals surface area contributed by atoms with Crippen molar-refractivity contribution in [2.75, 3.05) is 4.90 Å². The molecule has 2 aromatic rings. The van der Waals surface area contributed by atoms with Crippen LogP contribution in [0.4, 0.5) is 5.69 Å². The van der Waals surface area contributed by atoms with Gasteiger partial charge in [0.05, 0.1) is 24.4 Å². The van der Waals surface area contributed by atoms with Crippen LogP contribution in [-0.2, 0) is 13.2 Å². The Balaban J connectivity index is 2.37. The van der Waals surface area contributed by atoms with Crippen LogP contribution in [0, 0.1) is 11.3 Å². The molecule has 104 valence electrons. The van der Waals surface area contributed by atoms with Crippen molar-refractivity contribution in [3.05, 3.63) is 51.7 Å². The average Bonchev–Trinajstić information content (AvgIpc) is 2.97. The van der Waals surface area contributed by atoms with Crippen LogP contribution in [0.3, 0.4) is 0 Å². The predicted molar refractivity (Wildman–Crippen MR) is 82.7 cm³/mol. The summed E-state index contributed by atoms with van der Waals surface area (Å²) < 4.78 is 0. The summed E-state index contributed by atoms with van der Waals surface area (Å²) in [7, 11) is 0. The lowest BCUT2D eigenvalue weighted by atomic mass is 10.1. The summed E-state index contributed by atoms with van der Waals surface area (Å²) in [6, 6.07) is 12.2. The number of rotatable bonds is 5. The maximum Gasteiger partial charge on any atom is 0.101 e. The lowest BCUT2D eigenvalue weighted by Crippen LogP contribution is -2.30. The van der Waals surface area contributed by atoms with Gasteiger partial charge in [0.25, 0.3) is 0 Å². The molecular weight excluding hydrogens is 268 g/mol. The second-order valence-electron chi connectivity index (χ2n) is 4.92. The molecule has 2 rings (SSSR count). The zero-order chi connectivity index (χ0) is 14.5. The molecule has 1 aromatic carbocycles. The number of hydrogen-bond donors (Lipinski definition) is 1. The highest BCUT2D eigenvalue weighted by Crippen LogP contribution is 2.26. The van der Waals surface area contributed by atoms with Gasteiger partial charge in [-0.2, -0.15) is 5.26 Å². The Labute approximate surface area is 123 Å². The van der Waals surface area contributed by atoms with E-state index >= 15 is 0 Å². The standard InChI is InChI=1S/C16H18N2OS/c1-12(2)18(10-15-4-3-7-20-15)16-6-5-13(11-19)8-14(16)9-17/h3-8,12,19H,10-11H2,1-2H3. The molecule has 4 heteroatoms. The first-order chi connectivity index (χ1) is 9.65. The van der Waals surface area contributed by atoms with E-state index in [2.05, 4.69) is 36.3 Å². The molecular formula is C16H18N2OS. The van der Waals surface area contributed by atoms with Crippen LogP contribution in [0.15, 0.2) is 35.7 Å². The molecule has 0 spiro atoms. The quantitative estimate of drug-likeness (QED) is 0.914. The van der Waals surface area contributed by atoms with E-state index in [1.807, 2.05) is 18.2 Å². The Morgan fingerprint density at radius 3 is 2.70 bits per heavy atom. The van der Waals surface area contributed by atoms with Crippen molar-refractivity contribution in [1.29, 1.82) is 5.26 Å². The topological polar surface area (TPSA) is 47.3 Å². The summed E-state index contributed by atoms with van der Waals surface area (Å²) in [5, 5.41) is 20.6. The first-order valence-electron chi connectivity index (χ1n) is 6.58. The van der Waals surface area contributed by atoms with E-state index in [-0.39, 0.29) is 6.61 Å². The van der Waals surface area contributed by atoms with Gasteiger partial charge in [0, 0.05) is 10.9 Å². The largest absolute Gasteiger partial charge is 0.392 e. The SMILES string of the molecule is CC(C)N(Cc1cccs1)c1ccc(CO)cc1C#N.